The summed E-state index contributed by atoms with van der Waals surface area (Å²) in [6, 6.07) is 6.13. The van der Waals surface area contributed by atoms with Crippen LogP contribution >= 0.6 is 0 Å². The van der Waals surface area contributed by atoms with Crippen LogP contribution in [-0.2, 0) is 4.74 Å². The van der Waals surface area contributed by atoms with E-state index in [-0.39, 0.29) is 11.9 Å². The van der Waals surface area contributed by atoms with Gasteiger partial charge in [0.1, 0.15) is 17.7 Å². The Morgan fingerprint density at radius 2 is 2.13 bits per heavy atom. The number of halogens is 1. The highest BCUT2D eigenvalue weighted by molar-refractivity contribution is 5.79. The molecule has 1 aromatic carbocycles. The van der Waals surface area contributed by atoms with E-state index in [9.17, 15) is 4.39 Å². The molecule has 0 aromatic heterocycles. The van der Waals surface area contributed by atoms with Crippen molar-refractivity contribution in [2.24, 2.45) is 4.99 Å². The van der Waals surface area contributed by atoms with Gasteiger partial charge >= 0.3 is 0 Å². The van der Waals surface area contributed by atoms with Crippen molar-refractivity contribution in [3.05, 3.63) is 30.1 Å². The zero-order valence-corrected chi connectivity index (χ0v) is 14.3. The van der Waals surface area contributed by atoms with Crippen LogP contribution in [0.5, 0.6) is 5.75 Å². The van der Waals surface area contributed by atoms with Crippen molar-refractivity contribution >= 4 is 5.96 Å². The first-order valence-electron chi connectivity index (χ1n) is 8.17. The van der Waals surface area contributed by atoms with Crippen LogP contribution in [-0.4, -0.2) is 44.9 Å². The molecule has 0 aliphatic carbocycles. The highest BCUT2D eigenvalue weighted by atomic mass is 19.1. The normalized spacial score (nSPS) is 12.8. The second-order valence-corrected chi connectivity index (χ2v) is 5.08. The van der Waals surface area contributed by atoms with Crippen LogP contribution in [0.25, 0.3) is 0 Å². The predicted octanol–water partition coefficient (Wildman–Crippen LogP) is 2.57. The van der Waals surface area contributed by atoms with E-state index in [0.29, 0.717) is 12.3 Å². The predicted molar refractivity (Wildman–Crippen MR) is 91.6 cm³/mol. The summed E-state index contributed by atoms with van der Waals surface area (Å²) in [6.45, 7) is 9.46. The van der Waals surface area contributed by atoms with Crippen molar-refractivity contribution < 1.29 is 13.9 Å². The second-order valence-electron chi connectivity index (χ2n) is 5.08. The van der Waals surface area contributed by atoms with Gasteiger partial charge in [0.05, 0.1) is 6.54 Å². The molecule has 0 radical (unpaired) electrons. The minimum Gasteiger partial charge on any atom is -0.489 e. The fourth-order valence-electron chi connectivity index (χ4n) is 1.90. The summed E-state index contributed by atoms with van der Waals surface area (Å²) in [5.74, 6) is 0.962. The lowest BCUT2D eigenvalue weighted by molar-refractivity contribution is 0.145. The fraction of sp³-hybridized carbons (Fsp3) is 0.588. The molecule has 1 atom stereocenters. The highest BCUT2D eigenvalue weighted by Crippen LogP contribution is 2.13. The minimum atomic E-state index is -0.303. The van der Waals surface area contributed by atoms with Gasteiger partial charge in [-0.15, -0.1) is 0 Å². The van der Waals surface area contributed by atoms with E-state index in [2.05, 4.69) is 15.6 Å². The quantitative estimate of drug-likeness (QED) is 0.394. The molecule has 1 unspecified atom stereocenters. The lowest BCUT2D eigenvalue weighted by atomic mass is 10.3. The van der Waals surface area contributed by atoms with E-state index >= 15 is 0 Å². The van der Waals surface area contributed by atoms with Crippen molar-refractivity contribution in [1.82, 2.24) is 10.6 Å². The van der Waals surface area contributed by atoms with E-state index in [0.717, 1.165) is 38.7 Å². The Balaban J connectivity index is 2.39. The van der Waals surface area contributed by atoms with Crippen LogP contribution in [0.2, 0.25) is 0 Å². The third kappa shape index (κ3) is 9.03. The van der Waals surface area contributed by atoms with Gasteiger partial charge in [-0.3, -0.25) is 0 Å². The molecule has 0 spiro atoms. The minimum absolute atomic E-state index is 0.143. The lowest BCUT2D eigenvalue weighted by Crippen LogP contribution is -2.38. The number of aliphatic imine (C=N–C) groups is 1. The average molecular weight is 325 g/mol. The standard InChI is InChI=1S/C17H28FN3O2/c1-4-19-17(20-10-7-11-22-5-2)21-13-14(3)23-16-9-6-8-15(18)12-16/h6,8-9,12,14H,4-5,7,10-11,13H2,1-3H3,(H2,19,20,21). The Kier molecular flexibility index (Phi) is 9.79. The average Bonchev–Trinajstić information content (AvgIpc) is 2.52. The van der Waals surface area contributed by atoms with Crippen LogP contribution in [0, 0.1) is 5.82 Å². The van der Waals surface area contributed by atoms with E-state index in [1.807, 2.05) is 20.8 Å². The third-order valence-electron chi connectivity index (χ3n) is 2.95. The van der Waals surface area contributed by atoms with Crippen LogP contribution in [0.3, 0.4) is 0 Å². The summed E-state index contributed by atoms with van der Waals surface area (Å²) >= 11 is 0. The molecular formula is C17H28FN3O2. The van der Waals surface area contributed by atoms with Crippen LogP contribution < -0.4 is 15.4 Å². The number of ether oxygens (including phenoxy) is 2. The Hall–Kier alpha value is -1.82. The molecule has 0 amide bonds. The van der Waals surface area contributed by atoms with E-state index in [4.69, 9.17) is 9.47 Å². The molecule has 0 saturated carbocycles. The molecule has 23 heavy (non-hydrogen) atoms. The Labute approximate surface area is 138 Å². The van der Waals surface area contributed by atoms with Crippen LogP contribution in [0.1, 0.15) is 27.2 Å². The highest BCUT2D eigenvalue weighted by Gasteiger charge is 2.05. The summed E-state index contributed by atoms with van der Waals surface area (Å²) < 4.78 is 24.1. The Morgan fingerprint density at radius 1 is 1.30 bits per heavy atom. The van der Waals surface area contributed by atoms with Crippen molar-refractivity contribution in [1.29, 1.82) is 0 Å². The maximum absolute atomic E-state index is 13.1. The van der Waals surface area contributed by atoms with Gasteiger partial charge < -0.3 is 20.1 Å². The number of rotatable bonds is 10. The van der Waals surface area contributed by atoms with Gasteiger partial charge in [0.2, 0.25) is 0 Å². The summed E-state index contributed by atoms with van der Waals surface area (Å²) in [5, 5.41) is 6.44. The first-order valence-corrected chi connectivity index (χ1v) is 8.17. The molecular weight excluding hydrogens is 297 g/mol. The molecule has 5 nitrogen and oxygen atoms in total. The van der Waals surface area contributed by atoms with Crippen LogP contribution in [0.4, 0.5) is 4.39 Å². The van der Waals surface area contributed by atoms with Crippen molar-refractivity contribution in [3.8, 4) is 5.75 Å². The molecule has 0 aliphatic rings. The van der Waals surface area contributed by atoms with Gasteiger partial charge in [0.25, 0.3) is 0 Å². The largest absolute Gasteiger partial charge is 0.489 e. The number of hydrogen-bond donors (Lipinski definition) is 2. The lowest BCUT2D eigenvalue weighted by Gasteiger charge is -2.15. The SMILES string of the molecule is CCNC(=NCC(C)Oc1cccc(F)c1)NCCCOCC. The maximum atomic E-state index is 13.1. The van der Waals surface area contributed by atoms with E-state index in [1.54, 1.807) is 12.1 Å². The number of hydrogen-bond acceptors (Lipinski definition) is 3. The van der Waals surface area contributed by atoms with Gasteiger partial charge in [-0.1, -0.05) is 6.07 Å². The Morgan fingerprint density at radius 3 is 2.83 bits per heavy atom. The number of benzene rings is 1. The number of nitrogens with zero attached hydrogens (tertiary/aromatic N) is 1. The molecule has 1 rings (SSSR count). The second kappa shape index (κ2) is 11.7. The molecule has 6 heteroatoms. The topological polar surface area (TPSA) is 54.9 Å². The van der Waals surface area contributed by atoms with Gasteiger partial charge in [0, 0.05) is 32.4 Å². The summed E-state index contributed by atoms with van der Waals surface area (Å²) in [5.41, 5.74) is 0. The van der Waals surface area contributed by atoms with E-state index < -0.39 is 0 Å². The maximum Gasteiger partial charge on any atom is 0.191 e. The summed E-state index contributed by atoms with van der Waals surface area (Å²) in [4.78, 5) is 4.48. The molecule has 2 N–H and O–H groups in total. The first-order chi connectivity index (χ1) is 11.2. The third-order valence-corrected chi connectivity index (χ3v) is 2.95. The molecule has 0 aliphatic heterocycles. The molecule has 1 aromatic rings. The van der Waals surface area contributed by atoms with Gasteiger partial charge in [-0.05, 0) is 39.3 Å². The molecule has 0 heterocycles. The zero-order chi connectivity index (χ0) is 16.9. The van der Waals surface area contributed by atoms with Gasteiger partial charge in [-0.2, -0.15) is 0 Å². The van der Waals surface area contributed by atoms with Gasteiger partial charge in [0.15, 0.2) is 5.96 Å². The van der Waals surface area contributed by atoms with Crippen molar-refractivity contribution in [3.63, 3.8) is 0 Å². The molecule has 0 bridgehead atoms. The molecule has 0 saturated heterocycles. The molecule has 0 fully saturated rings. The number of guanidine groups is 1. The zero-order valence-electron chi connectivity index (χ0n) is 14.3. The van der Waals surface area contributed by atoms with Crippen molar-refractivity contribution in [2.75, 3.05) is 32.8 Å². The molecule has 130 valence electrons. The Bertz CT molecular complexity index is 469. The summed E-state index contributed by atoms with van der Waals surface area (Å²) in [6.07, 6.45) is 0.781. The first kappa shape index (κ1) is 19.2. The fourth-order valence-corrected chi connectivity index (χ4v) is 1.90. The van der Waals surface area contributed by atoms with E-state index in [1.165, 1.54) is 12.1 Å². The van der Waals surface area contributed by atoms with Gasteiger partial charge in [-0.25, -0.2) is 9.38 Å². The smallest absolute Gasteiger partial charge is 0.191 e. The van der Waals surface area contributed by atoms with Crippen molar-refractivity contribution in [2.45, 2.75) is 33.3 Å². The number of nitrogens with one attached hydrogen (secondary N) is 2. The van der Waals surface area contributed by atoms with Crippen LogP contribution in [0.15, 0.2) is 29.3 Å². The summed E-state index contributed by atoms with van der Waals surface area (Å²) in [7, 11) is 0. The monoisotopic (exact) mass is 325 g/mol.